The molecule has 0 aliphatic carbocycles. The van der Waals surface area contributed by atoms with E-state index in [1.165, 1.54) is 5.56 Å². The van der Waals surface area contributed by atoms with Crippen LogP contribution in [0.1, 0.15) is 26.3 Å². The summed E-state index contributed by atoms with van der Waals surface area (Å²) in [6.45, 7) is 6.36. The lowest BCUT2D eigenvalue weighted by Gasteiger charge is -2.20. The van der Waals surface area contributed by atoms with Crippen LogP contribution in [0.15, 0.2) is 28.1 Å². The van der Waals surface area contributed by atoms with E-state index in [0.29, 0.717) is 0 Å². The molecule has 0 amide bonds. The molecule has 1 aliphatic rings. The van der Waals surface area contributed by atoms with Gasteiger partial charge in [0.25, 0.3) is 0 Å². The highest BCUT2D eigenvalue weighted by Crippen LogP contribution is 2.41. The van der Waals surface area contributed by atoms with Gasteiger partial charge >= 0.3 is 0 Å². The minimum absolute atomic E-state index is 0.00106. The zero-order chi connectivity index (χ0) is 10.3. The molecule has 0 atom stereocenters. The fourth-order valence-electron chi connectivity index (χ4n) is 1.69. The Hall–Kier alpha value is -0.800. The molecule has 1 aromatic carbocycles. The van der Waals surface area contributed by atoms with Gasteiger partial charge in [-0.2, -0.15) is 0 Å². The van der Waals surface area contributed by atoms with Gasteiger partial charge in [-0.05, 0) is 30.7 Å². The second-order valence-electron chi connectivity index (χ2n) is 4.09. The second kappa shape index (κ2) is 3.11. The fraction of sp³-hybridized carbons (Fsp3) is 0.364. The largest absolute Gasteiger partial charge is 0.325 e. The maximum absolute atomic E-state index is 8.98. The predicted octanol–water partition coefficient (Wildman–Crippen LogP) is 3.64. The average molecular weight is 207 g/mol. The van der Waals surface area contributed by atoms with Gasteiger partial charge in [-0.15, -0.1) is 0 Å². The van der Waals surface area contributed by atoms with Gasteiger partial charge in [-0.1, -0.05) is 13.8 Å². The number of nitrogens with zero attached hydrogens (tertiary/aromatic N) is 1. The molecular formula is C11H13NOS. The summed E-state index contributed by atoms with van der Waals surface area (Å²) in [5, 5.41) is 0. The summed E-state index contributed by atoms with van der Waals surface area (Å²) in [5.41, 5.74) is 3.37. The Morgan fingerprint density at radius 3 is 2.71 bits per heavy atom. The Morgan fingerprint density at radius 2 is 2.07 bits per heavy atom. The Balaban J connectivity index is 2.57. The van der Waals surface area contributed by atoms with E-state index < -0.39 is 0 Å². The quantitative estimate of drug-likeness (QED) is 0.713. The SMILES string of the molecule is CC1=Nc2ccc(SO)cc2C1(C)C. The van der Waals surface area contributed by atoms with Gasteiger partial charge < -0.3 is 4.55 Å². The molecule has 0 radical (unpaired) electrons. The van der Waals surface area contributed by atoms with E-state index in [9.17, 15) is 0 Å². The summed E-state index contributed by atoms with van der Waals surface area (Å²) in [5.74, 6) is 0. The highest BCUT2D eigenvalue weighted by molar-refractivity contribution is 7.93. The third-order valence-corrected chi connectivity index (χ3v) is 3.40. The van der Waals surface area contributed by atoms with Gasteiger partial charge in [0, 0.05) is 28.1 Å². The third kappa shape index (κ3) is 1.28. The molecule has 0 fully saturated rings. The summed E-state index contributed by atoms with van der Waals surface area (Å²) in [6, 6.07) is 5.87. The monoisotopic (exact) mass is 207 g/mol. The first-order chi connectivity index (χ1) is 6.55. The van der Waals surface area contributed by atoms with Crippen LogP contribution in [0.4, 0.5) is 5.69 Å². The Bertz CT molecular complexity index is 410. The summed E-state index contributed by atoms with van der Waals surface area (Å²) in [7, 11) is 0. The van der Waals surface area contributed by atoms with E-state index in [0.717, 1.165) is 28.3 Å². The van der Waals surface area contributed by atoms with Crippen LogP contribution in [0.2, 0.25) is 0 Å². The van der Waals surface area contributed by atoms with Crippen molar-refractivity contribution >= 4 is 23.4 Å². The number of hydrogen-bond donors (Lipinski definition) is 1. The molecule has 1 aromatic rings. The molecule has 2 rings (SSSR count). The van der Waals surface area contributed by atoms with Crippen LogP contribution >= 0.6 is 12.0 Å². The van der Waals surface area contributed by atoms with Crippen molar-refractivity contribution in [2.75, 3.05) is 0 Å². The Kier molecular flexibility index (Phi) is 2.16. The molecule has 3 heteroatoms. The number of aliphatic imine (C=N–C) groups is 1. The van der Waals surface area contributed by atoms with Crippen LogP contribution in [0, 0.1) is 0 Å². The summed E-state index contributed by atoms with van der Waals surface area (Å²) in [4.78, 5) is 5.38. The lowest BCUT2D eigenvalue weighted by Crippen LogP contribution is -2.22. The van der Waals surface area contributed by atoms with Crippen molar-refractivity contribution in [2.45, 2.75) is 31.1 Å². The van der Waals surface area contributed by atoms with Crippen molar-refractivity contribution in [1.29, 1.82) is 0 Å². The molecule has 0 saturated heterocycles. The topological polar surface area (TPSA) is 32.6 Å². The molecule has 2 nitrogen and oxygen atoms in total. The van der Waals surface area contributed by atoms with Gasteiger partial charge in [0.15, 0.2) is 0 Å². The fourth-order valence-corrected chi connectivity index (χ4v) is 1.98. The molecule has 0 aromatic heterocycles. The predicted molar refractivity (Wildman–Crippen MR) is 60.7 cm³/mol. The molecule has 1 N–H and O–H groups in total. The van der Waals surface area contributed by atoms with E-state index in [1.54, 1.807) is 0 Å². The first-order valence-electron chi connectivity index (χ1n) is 4.57. The maximum atomic E-state index is 8.98. The van der Waals surface area contributed by atoms with Gasteiger partial charge in [0.1, 0.15) is 0 Å². The van der Waals surface area contributed by atoms with E-state index in [1.807, 2.05) is 25.1 Å². The number of rotatable bonds is 1. The van der Waals surface area contributed by atoms with Gasteiger partial charge in [0.2, 0.25) is 0 Å². The van der Waals surface area contributed by atoms with Crippen LogP contribution in [-0.4, -0.2) is 10.3 Å². The second-order valence-corrected chi connectivity index (χ2v) is 4.75. The summed E-state index contributed by atoms with van der Waals surface area (Å²) in [6.07, 6.45) is 0. The van der Waals surface area contributed by atoms with Crippen molar-refractivity contribution in [1.82, 2.24) is 0 Å². The van der Waals surface area contributed by atoms with E-state index in [2.05, 4.69) is 18.8 Å². The van der Waals surface area contributed by atoms with Crippen LogP contribution in [0.3, 0.4) is 0 Å². The van der Waals surface area contributed by atoms with Crippen LogP contribution in [0.5, 0.6) is 0 Å². The number of hydrogen-bond acceptors (Lipinski definition) is 3. The molecule has 0 saturated carbocycles. The molecule has 74 valence electrons. The van der Waals surface area contributed by atoms with Crippen molar-refractivity contribution < 1.29 is 4.55 Å². The molecular weight excluding hydrogens is 194 g/mol. The lowest BCUT2D eigenvalue weighted by atomic mass is 9.82. The van der Waals surface area contributed by atoms with Crippen molar-refractivity contribution in [3.8, 4) is 0 Å². The molecule has 0 bridgehead atoms. The summed E-state index contributed by atoms with van der Waals surface area (Å²) < 4.78 is 8.98. The van der Waals surface area contributed by atoms with E-state index >= 15 is 0 Å². The standard InChI is InChI=1S/C11H13NOS/c1-7-11(2,3)9-6-8(14-13)4-5-10(9)12-7/h4-6,13H,1-3H3. The molecule has 1 aliphatic heterocycles. The minimum atomic E-state index is 0.00106. The van der Waals surface area contributed by atoms with E-state index in [-0.39, 0.29) is 5.41 Å². The molecule has 0 unspecified atom stereocenters. The van der Waals surface area contributed by atoms with Gasteiger partial charge in [-0.3, -0.25) is 4.99 Å². The molecule has 14 heavy (non-hydrogen) atoms. The van der Waals surface area contributed by atoms with E-state index in [4.69, 9.17) is 4.55 Å². The first kappa shape index (κ1) is 9.74. The van der Waals surface area contributed by atoms with Crippen LogP contribution < -0.4 is 0 Å². The normalized spacial score (nSPS) is 17.9. The molecule has 1 heterocycles. The molecule has 0 spiro atoms. The first-order valence-corrected chi connectivity index (χ1v) is 5.35. The minimum Gasteiger partial charge on any atom is -0.325 e. The van der Waals surface area contributed by atoms with Gasteiger partial charge in [-0.25, -0.2) is 0 Å². The lowest BCUT2D eigenvalue weighted by molar-refractivity contribution is 0.663. The van der Waals surface area contributed by atoms with Crippen LogP contribution in [-0.2, 0) is 5.41 Å². The number of fused-ring (bicyclic) bond motifs is 1. The third-order valence-electron chi connectivity index (χ3n) is 2.94. The van der Waals surface area contributed by atoms with Gasteiger partial charge in [0.05, 0.1) is 5.69 Å². The van der Waals surface area contributed by atoms with Crippen molar-refractivity contribution in [2.24, 2.45) is 4.99 Å². The zero-order valence-electron chi connectivity index (χ0n) is 8.53. The summed E-state index contributed by atoms with van der Waals surface area (Å²) >= 11 is 0.786. The Labute approximate surface area is 88.3 Å². The van der Waals surface area contributed by atoms with Crippen molar-refractivity contribution in [3.05, 3.63) is 23.8 Å². The van der Waals surface area contributed by atoms with Crippen LogP contribution in [0.25, 0.3) is 0 Å². The number of benzene rings is 1. The van der Waals surface area contributed by atoms with Crippen molar-refractivity contribution in [3.63, 3.8) is 0 Å². The highest BCUT2D eigenvalue weighted by atomic mass is 32.2. The highest BCUT2D eigenvalue weighted by Gasteiger charge is 2.32. The smallest absolute Gasteiger partial charge is 0.0671 e. The Morgan fingerprint density at radius 1 is 1.36 bits per heavy atom. The maximum Gasteiger partial charge on any atom is 0.0671 e. The average Bonchev–Trinajstić information content (AvgIpc) is 2.38. The zero-order valence-corrected chi connectivity index (χ0v) is 9.35.